The molecule has 1 nitrogen and oxygen atoms in total. The fourth-order valence-electron chi connectivity index (χ4n) is 2.10. The minimum atomic E-state index is 1.16. The second kappa shape index (κ2) is 4.92. The molecule has 0 atom stereocenters. The minimum absolute atomic E-state index is 1.16. The van der Waals surface area contributed by atoms with E-state index in [9.17, 15) is 0 Å². The summed E-state index contributed by atoms with van der Waals surface area (Å²) in [6, 6.07) is 12.7. The van der Waals surface area contributed by atoms with Gasteiger partial charge in [0, 0.05) is 17.2 Å². The van der Waals surface area contributed by atoms with E-state index in [0.29, 0.717) is 0 Å². The molecule has 88 valence electrons. The van der Waals surface area contributed by atoms with E-state index in [-0.39, 0.29) is 0 Å². The first-order chi connectivity index (χ1) is 8.15. The maximum absolute atomic E-state index is 3.59. The van der Waals surface area contributed by atoms with Crippen molar-refractivity contribution in [2.24, 2.45) is 0 Å². The highest BCUT2D eigenvalue weighted by molar-refractivity contribution is 9.10. The van der Waals surface area contributed by atoms with E-state index < -0.39 is 0 Å². The van der Waals surface area contributed by atoms with Crippen LogP contribution in [-0.2, 0) is 0 Å². The number of rotatable bonds is 2. The van der Waals surface area contributed by atoms with Crippen LogP contribution in [-0.4, -0.2) is 7.05 Å². The monoisotopic (exact) mass is 289 g/mol. The molecule has 0 fully saturated rings. The Morgan fingerprint density at radius 3 is 2.12 bits per heavy atom. The van der Waals surface area contributed by atoms with Gasteiger partial charge in [-0.05, 0) is 48.2 Å². The normalized spacial score (nSPS) is 10.4. The topological polar surface area (TPSA) is 12.0 Å². The Bertz CT molecular complexity index is 547. The zero-order chi connectivity index (χ0) is 12.4. The van der Waals surface area contributed by atoms with Crippen LogP contribution < -0.4 is 5.32 Å². The van der Waals surface area contributed by atoms with Crippen molar-refractivity contribution in [1.82, 2.24) is 0 Å². The van der Waals surface area contributed by atoms with Gasteiger partial charge in [-0.25, -0.2) is 0 Å². The zero-order valence-corrected chi connectivity index (χ0v) is 11.9. The fourth-order valence-corrected chi connectivity index (χ4v) is 2.46. The molecule has 0 aliphatic heterocycles. The molecule has 0 spiro atoms. The number of halogens is 1. The van der Waals surface area contributed by atoms with Crippen molar-refractivity contribution in [2.45, 2.75) is 13.8 Å². The van der Waals surface area contributed by atoms with Gasteiger partial charge in [0.2, 0.25) is 0 Å². The largest absolute Gasteiger partial charge is 0.388 e. The molecule has 0 aromatic heterocycles. The van der Waals surface area contributed by atoms with E-state index in [1.54, 1.807) is 0 Å². The molecular formula is C15H16BrN. The van der Waals surface area contributed by atoms with Crippen molar-refractivity contribution in [2.75, 3.05) is 12.4 Å². The van der Waals surface area contributed by atoms with Gasteiger partial charge in [0.25, 0.3) is 0 Å². The van der Waals surface area contributed by atoms with E-state index in [1.165, 1.54) is 27.9 Å². The Kier molecular flexibility index (Phi) is 3.53. The predicted octanol–water partition coefficient (Wildman–Crippen LogP) is 4.77. The Morgan fingerprint density at radius 1 is 0.882 bits per heavy atom. The molecule has 0 aliphatic rings. The molecule has 17 heavy (non-hydrogen) atoms. The van der Waals surface area contributed by atoms with E-state index in [4.69, 9.17) is 0 Å². The highest BCUT2D eigenvalue weighted by Gasteiger charge is 2.08. The second-order valence-corrected chi connectivity index (χ2v) is 4.99. The maximum atomic E-state index is 3.59. The van der Waals surface area contributed by atoms with Crippen molar-refractivity contribution < 1.29 is 0 Å². The average Bonchev–Trinajstić information content (AvgIpc) is 2.33. The van der Waals surface area contributed by atoms with Gasteiger partial charge in [0.15, 0.2) is 0 Å². The molecule has 0 saturated heterocycles. The molecule has 0 saturated carbocycles. The molecular weight excluding hydrogens is 274 g/mol. The van der Waals surface area contributed by atoms with E-state index in [0.717, 1.165) is 4.47 Å². The van der Waals surface area contributed by atoms with Crippen LogP contribution in [0.4, 0.5) is 5.69 Å². The van der Waals surface area contributed by atoms with Crippen LogP contribution >= 0.6 is 15.9 Å². The van der Waals surface area contributed by atoms with Crippen molar-refractivity contribution >= 4 is 21.6 Å². The number of benzene rings is 2. The van der Waals surface area contributed by atoms with Crippen LogP contribution in [0.25, 0.3) is 11.1 Å². The van der Waals surface area contributed by atoms with Gasteiger partial charge in [-0.3, -0.25) is 0 Å². The minimum Gasteiger partial charge on any atom is -0.388 e. The summed E-state index contributed by atoms with van der Waals surface area (Å²) in [6.45, 7) is 4.30. The van der Waals surface area contributed by atoms with Crippen LogP contribution in [0.5, 0.6) is 0 Å². The fraction of sp³-hybridized carbons (Fsp3) is 0.200. The zero-order valence-electron chi connectivity index (χ0n) is 10.3. The Labute approximate surface area is 111 Å². The van der Waals surface area contributed by atoms with Crippen molar-refractivity contribution in [3.63, 3.8) is 0 Å². The first kappa shape index (κ1) is 12.2. The van der Waals surface area contributed by atoms with Gasteiger partial charge < -0.3 is 5.32 Å². The highest BCUT2D eigenvalue weighted by Crippen LogP contribution is 2.33. The van der Waals surface area contributed by atoms with Gasteiger partial charge in [-0.2, -0.15) is 0 Å². The molecule has 0 amide bonds. The number of hydrogen-bond acceptors (Lipinski definition) is 1. The van der Waals surface area contributed by atoms with Gasteiger partial charge in [-0.1, -0.05) is 40.2 Å². The predicted molar refractivity (Wildman–Crippen MR) is 78.6 cm³/mol. The van der Waals surface area contributed by atoms with E-state index in [2.05, 4.69) is 71.5 Å². The molecule has 0 bridgehead atoms. The third-order valence-corrected chi connectivity index (χ3v) is 4.02. The molecule has 0 unspecified atom stereocenters. The van der Waals surface area contributed by atoms with Crippen LogP contribution in [0.3, 0.4) is 0 Å². The summed E-state index contributed by atoms with van der Waals surface area (Å²) in [7, 11) is 1.96. The molecule has 0 radical (unpaired) electrons. The standard InChI is InChI=1S/C15H16BrN/c1-10-12(6-4-8-14(10)16)13-7-5-9-15(17-3)11(13)2/h4-9,17H,1-3H3. The van der Waals surface area contributed by atoms with Crippen LogP contribution in [0.15, 0.2) is 40.9 Å². The molecule has 2 aromatic carbocycles. The first-order valence-corrected chi connectivity index (χ1v) is 6.47. The summed E-state index contributed by atoms with van der Waals surface area (Å²) in [5.74, 6) is 0. The van der Waals surface area contributed by atoms with E-state index in [1.807, 2.05) is 7.05 Å². The average molecular weight is 290 g/mol. The van der Waals surface area contributed by atoms with Crippen LogP contribution in [0, 0.1) is 13.8 Å². The first-order valence-electron chi connectivity index (χ1n) is 5.68. The second-order valence-electron chi connectivity index (χ2n) is 4.14. The summed E-state index contributed by atoms with van der Waals surface area (Å²) in [5, 5.41) is 3.23. The lowest BCUT2D eigenvalue weighted by Crippen LogP contribution is -1.94. The quantitative estimate of drug-likeness (QED) is 0.839. The molecule has 0 heterocycles. The number of nitrogens with one attached hydrogen (secondary N) is 1. The third kappa shape index (κ3) is 2.22. The molecule has 2 aromatic rings. The Morgan fingerprint density at radius 2 is 1.47 bits per heavy atom. The van der Waals surface area contributed by atoms with Gasteiger partial charge in [0.05, 0.1) is 0 Å². The van der Waals surface area contributed by atoms with E-state index >= 15 is 0 Å². The lowest BCUT2D eigenvalue weighted by Gasteiger charge is -2.13. The van der Waals surface area contributed by atoms with Gasteiger partial charge >= 0.3 is 0 Å². The van der Waals surface area contributed by atoms with Gasteiger partial charge in [0.1, 0.15) is 0 Å². The summed E-state index contributed by atoms with van der Waals surface area (Å²) < 4.78 is 1.16. The SMILES string of the molecule is CNc1cccc(-c2cccc(Br)c2C)c1C. The summed E-state index contributed by atoms with van der Waals surface area (Å²) in [6.07, 6.45) is 0. The molecule has 0 aliphatic carbocycles. The summed E-state index contributed by atoms with van der Waals surface area (Å²) in [4.78, 5) is 0. The summed E-state index contributed by atoms with van der Waals surface area (Å²) in [5.41, 5.74) is 6.33. The molecule has 2 heteroatoms. The third-order valence-electron chi connectivity index (χ3n) is 3.16. The lowest BCUT2D eigenvalue weighted by molar-refractivity contribution is 1.37. The number of hydrogen-bond donors (Lipinski definition) is 1. The van der Waals surface area contributed by atoms with Gasteiger partial charge in [-0.15, -0.1) is 0 Å². The summed E-state index contributed by atoms with van der Waals surface area (Å²) >= 11 is 3.59. The molecule has 1 N–H and O–H groups in total. The highest BCUT2D eigenvalue weighted by atomic mass is 79.9. The smallest absolute Gasteiger partial charge is 0.0373 e. The van der Waals surface area contributed by atoms with Crippen LogP contribution in [0.2, 0.25) is 0 Å². The van der Waals surface area contributed by atoms with Crippen LogP contribution in [0.1, 0.15) is 11.1 Å². The molecule has 2 rings (SSSR count). The van der Waals surface area contributed by atoms with Crippen molar-refractivity contribution in [1.29, 1.82) is 0 Å². The lowest BCUT2D eigenvalue weighted by atomic mass is 9.96. The van der Waals surface area contributed by atoms with Crippen molar-refractivity contribution in [3.05, 3.63) is 52.0 Å². The Hall–Kier alpha value is -1.28. The Balaban J connectivity index is 2.65. The van der Waals surface area contributed by atoms with Crippen molar-refractivity contribution in [3.8, 4) is 11.1 Å². The maximum Gasteiger partial charge on any atom is 0.0373 e. The number of anilines is 1.